The minimum atomic E-state index is -0.929. The van der Waals surface area contributed by atoms with Gasteiger partial charge in [-0.1, -0.05) is 6.07 Å². The van der Waals surface area contributed by atoms with E-state index in [1.807, 2.05) is 6.92 Å². The molecule has 0 aliphatic carbocycles. The SMILES string of the molecule is CC(CS(C)=O)NC(C)c1c(F)cccc1F. The van der Waals surface area contributed by atoms with E-state index in [-0.39, 0.29) is 11.6 Å². The van der Waals surface area contributed by atoms with E-state index in [0.29, 0.717) is 5.75 Å². The summed E-state index contributed by atoms with van der Waals surface area (Å²) in [6, 6.07) is 3.30. The van der Waals surface area contributed by atoms with Crippen LogP contribution in [0.1, 0.15) is 25.5 Å². The van der Waals surface area contributed by atoms with Crippen LogP contribution in [0.5, 0.6) is 0 Å². The molecule has 17 heavy (non-hydrogen) atoms. The van der Waals surface area contributed by atoms with Crippen molar-refractivity contribution in [1.82, 2.24) is 5.32 Å². The van der Waals surface area contributed by atoms with Gasteiger partial charge in [0.15, 0.2) is 0 Å². The van der Waals surface area contributed by atoms with Gasteiger partial charge in [0, 0.05) is 40.5 Å². The molecule has 0 aromatic heterocycles. The molecule has 0 bridgehead atoms. The third-order valence-corrected chi connectivity index (χ3v) is 3.42. The summed E-state index contributed by atoms with van der Waals surface area (Å²) in [5.74, 6) is -0.662. The van der Waals surface area contributed by atoms with Gasteiger partial charge in [-0.25, -0.2) is 8.78 Å². The highest BCUT2D eigenvalue weighted by molar-refractivity contribution is 7.84. The summed E-state index contributed by atoms with van der Waals surface area (Å²) in [4.78, 5) is 0. The van der Waals surface area contributed by atoms with Crippen molar-refractivity contribution in [2.75, 3.05) is 12.0 Å². The molecule has 3 unspecified atom stereocenters. The topological polar surface area (TPSA) is 29.1 Å². The monoisotopic (exact) mass is 261 g/mol. The summed E-state index contributed by atoms with van der Waals surface area (Å²) in [5.41, 5.74) is 0.0289. The molecule has 1 N–H and O–H groups in total. The summed E-state index contributed by atoms with van der Waals surface area (Å²) in [6.07, 6.45) is 1.60. The summed E-state index contributed by atoms with van der Waals surface area (Å²) in [5, 5.41) is 3.04. The highest BCUT2D eigenvalue weighted by Crippen LogP contribution is 2.20. The van der Waals surface area contributed by atoms with E-state index < -0.39 is 28.5 Å². The fraction of sp³-hybridized carbons (Fsp3) is 0.500. The largest absolute Gasteiger partial charge is 0.307 e. The molecule has 0 saturated carbocycles. The van der Waals surface area contributed by atoms with Crippen LogP contribution in [0.25, 0.3) is 0 Å². The van der Waals surface area contributed by atoms with Crippen molar-refractivity contribution in [3.63, 3.8) is 0 Å². The van der Waals surface area contributed by atoms with Crippen LogP contribution < -0.4 is 5.32 Å². The van der Waals surface area contributed by atoms with E-state index in [0.717, 1.165) is 0 Å². The Labute approximate surface area is 103 Å². The van der Waals surface area contributed by atoms with Gasteiger partial charge in [-0.15, -0.1) is 0 Å². The molecule has 0 fully saturated rings. The predicted molar refractivity (Wildman–Crippen MR) is 66.3 cm³/mol. The van der Waals surface area contributed by atoms with Crippen LogP contribution >= 0.6 is 0 Å². The normalized spacial score (nSPS) is 16.5. The Bertz CT molecular complexity index is 391. The van der Waals surface area contributed by atoms with Gasteiger partial charge in [0.1, 0.15) is 11.6 Å². The van der Waals surface area contributed by atoms with Crippen molar-refractivity contribution in [1.29, 1.82) is 0 Å². The summed E-state index contributed by atoms with van der Waals surface area (Å²) in [6.45, 7) is 3.53. The first-order valence-corrected chi connectivity index (χ1v) is 7.14. The van der Waals surface area contributed by atoms with Gasteiger partial charge < -0.3 is 5.32 Å². The molecule has 0 saturated heterocycles. The van der Waals surface area contributed by atoms with Gasteiger partial charge in [-0.05, 0) is 26.0 Å². The van der Waals surface area contributed by atoms with E-state index in [4.69, 9.17) is 0 Å². The van der Waals surface area contributed by atoms with Gasteiger partial charge in [0.2, 0.25) is 0 Å². The van der Waals surface area contributed by atoms with E-state index in [9.17, 15) is 13.0 Å². The highest BCUT2D eigenvalue weighted by Gasteiger charge is 2.17. The zero-order valence-electron chi connectivity index (χ0n) is 10.2. The van der Waals surface area contributed by atoms with Crippen LogP contribution in [0.2, 0.25) is 0 Å². The lowest BCUT2D eigenvalue weighted by molar-refractivity contribution is 0.458. The molecule has 1 aromatic carbocycles. The molecule has 0 radical (unpaired) electrons. The van der Waals surface area contributed by atoms with Crippen LogP contribution in [0.3, 0.4) is 0 Å². The lowest BCUT2D eigenvalue weighted by atomic mass is 10.1. The Balaban J connectivity index is 2.76. The second kappa shape index (κ2) is 6.21. The van der Waals surface area contributed by atoms with E-state index in [1.165, 1.54) is 18.2 Å². The van der Waals surface area contributed by atoms with Crippen LogP contribution in [0.4, 0.5) is 8.78 Å². The zero-order valence-corrected chi connectivity index (χ0v) is 11.0. The fourth-order valence-corrected chi connectivity index (χ4v) is 2.64. The van der Waals surface area contributed by atoms with Crippen molar-refractivity contribution < 1.29 is 13.0 Å². The molecule has 0 aliphatic heterocycles. The molecular weight excluding hydrogens is 244 g/mol. The van der Waals surface area contributed by atoms with E-state index in [1.54, 1.807) is 13.2 Å². The van der Waals surface area contributed by atoms with Crippen molar-refractivity contribution in [2.24, 2.45) is 0 Å². The maximum absolute atomic E-state index is 13.5. The standard InChI is InChI=1S/C12H17F2NOS/c1-8(7-17(3)16)15-9(2)12-10(13)5-4-6-11(12)14/h4-6,8-9,15H,7H2,1-3H3. The van der Waals surface area contributed by atoms with Crippen molar-refractivity contribution in [2.45, 2.75) is 25.9 Å². The molecule has 0 spiro atoms. The second-order valence-corrected chi connectivity index (χ2v) is 5.64. The van der Waals surface area contributed by atoms with Crippen LogP contribution in [0, 0.1) is 11.6 Å². The minimum Gasteiger partial charge on any atom is -0.307 e. The first kappa shape index (κ1) is 14.3. The second-order valence-electron chi connectivity index (χ2n) is 4.16. The molecule has 0 heterocycles. The third-order valence-electron chi connectivity index (χ3n) is 2.45. The van der Waals surface area contributed by atoms with Gasteiger partial charge >= 0.3 is 0 Å². The van der Waals surface area contributed by atoms with Crippen LogP contribution in [-0.4, -0.2) is 22.3 Å². The van der Waals surface area contributed by atoms with Crippen molar-refractivity contribution >= 4 is 10.8 Å². The van der Waals surface area contributed by atoms with Gasteiger partial charge in [-0.3, -0.25) is 4.21 Å². The van der Waals surface area contributed by atoms with Crippen LogP contribution in [0.15, 0.2) is 18.2 Å². The average molecular weight is 261 g/mol. The lowest BCUT2D eigenvalue weighted by Gasteiger charge is -2.20. The Morgan fingerprint density at radius 3 is 2.29 bits per heavy atom. The smallest absolute Gasteiger partial charge is 0.130 e. The molecule has 0 amide bonds. The van der Waals surface area contributed by atoms with Gasteiger partial charge in [0.25, 0.3) is 0 Å². The fourth-order valence-electron chi connectivity index (χ4n) is 1.83. The number of hydrogen-bond donors (Lipinski definition) is 1. The zero-order chi connectivity index (χ0) is 13.0. The Morgan fingerprint density at radius 1 is 1.29 bits per heavy atom. The third kappa shape index (κ3) is 4.16. The Hall–Kier alpha value is -0.810. The first-order valence-electron chi connectivity index (χ1n) is 5.41. The quantitative estimate of drug-likeness (QED) is 0.881. The molecule has 1 rings (SSSR count). The van der Waals surface area contributed by atoms with Crippen molar-refractivity contribution in [3.05, 3.63) is 35.4 Å². The van der Waals surface area contributed by atoms with Crippen molar-refractivity contribution in [3.8, 4) is 0 Å². The van der Waals surface area contributed by atoms with Crippen LogP contribution in [-0.2, 0) is 10.8 Å². The molecule has 5 heteroatoms. The summed E-state index contributed by atoms with van der Waals surface area (Å²) >= 11 is 0. The lowest BCUT2D eigenvalue weighted by Crippen LogP contribution is -2.34. The number of halogens is 2. The molecule has 3 atom stereocenters. The summed E-state index contributed by atoms with van der Waals surface area (Å²) in [7, 11) is -0.929. The predicted octanol–water partition coefficient (Wildman–Crippen LogP) is 2.38. The number of benzene rings is 1. The molecule has 0 aliphatic rings. The number of hydrogen-bond acceptors (Lipinski definition) is 2. The summed E-state index contributed by atoms with van der Waals surface area (Å²) < 4.78 is 38.0. The minimum absolute atomic E-state index is 0.0289. The first-order chi connectivity index (χ1) is 7.91. The van der Waals surface area contributed by atoms with E-state index >= 15 is 0 Å². The molecule has 1 aromatic rings. The highest BCUT2D eigenvalue weighted by atomic mass is 32.2. The van der Waals surface area contributed by atoms with E-state index in [2.05, 4.69) is 5.32 Å². The number of nitrogens with one attached hydrogen (secondary N) is 1. The maximum atomic E-state index is 13.5. The average Bonchev–Trinajstić information content (AvgIpc) is 2.15. The number of rotatable bonds is 5. The molecule has 96 valence electrons. The maximum Gasteiger partial charge on any atom is 0.130 e. The molecule has 2 nitrogen and oxygen atoms in total. The van der Waals surface area contributed by atoms with Gasteiger partial charge in [-0.2, -0.15) is 0 Å². The Kier molecular flexibility index (Phi) is 5.21. The van der Waals surface area contributed by atoms with Gasteiger partial charge in [0.05, 0.1) is 0 Å². The Morgan fingerprint density at radius 2 is 1.82 bits per heavy atom. The molecular formula is C12H17F2NOS.